The number of fused-ring (bicyclic) bond motifs is 1. The van der Waals surface area contributed by atoms with Crippen LogP contribution in [0, 0.1) is 0 Å². The van der Waals surface area contributed by atoms with Crippen molar-refractivity contribution < 1.29 is 9.47 Å². The topological polar surface area (TPSA) is 57.1 Å². The van der Waals surface area contributed by atoms with E-state index in [9.17, 15) is 0 Å². The van der Waals surface area contributed by atoms with Crippen molar-refractivity contribution in [2.24, 2.45) is 0 Å². The Morgan fingerprint density at radius 2 is 1.65 bits per heavy atom. The van der Waals surface area contributed by atoms with E-state index in [1.165, 1.54) is 0 Å². The quantitative estimate of drug-likeness (QED) is 0.541. The lowest BCUT2D eigenvalue weighted by molar-refractivity contribution is 0.308. The van der Waals surface area contributed by atoms with Crippen molar-refractivity contribution >= 4 is 10.9 Å². The van der Waals surface area contributed by atoms with Crippen LogP contribution in [-0.4, -0.2) is 22.1 Å². The summed E-state index contributed by atoms with van der Waals surface area (Å²) >= 11 is 0. The zero-order chi connectivity index (χ0) is 17.8. The van der Waals surface area contributed by atoms with Gasteiger partial charge in [0.25, 0.3) is 0 Å². The summed E-state index contributed by atoms with van der Waals surface area (Å²) in [6.07, 6.45) is 6.99. The molecule has 128 valence electrons. The van der Waals surface area contributed by atoms with Gasteiger partial charge < -0.3 is 9.47 Å². The van der Waals surface area contributed by atoms with Gasteiger partial charge in [0, 0.05) is 23.3 Å². The zero-order valence-electron chi connectivity index (χ0n) is 14.3. The molecule has 26 heavy (non-hydrogen) atoms. The van der Waals surface area contributed by atoms with Crippen molar-refractivity contribution in [2.75, 3.05) is 7.11 Å². The number of pyridine rings is 3. The molecular formula is C21H17N3O2. The van der Waals surface area contributed by atoms with Crippen LogP contribution < -0.4 is 9.47 Å². The fourth-order valence-corrected chi connectivity index (χ4v) is 2.71. The number of nitrogens with zero attached hydrogens (tertiary/aromatic N) is 3. The Morgan fingerprint density at radius 3 is 2.42 bits per heavy atom. The standard InChI is InChI=1S/C21H17N3O2/c1-25-17-4-2-15(3-5-17)14-26-21-13-23-12-20-18(21)6-7-19(24-20)16-8-10-22-11-9-16/h2-13H,14H2,1H3. The van der Waals surface area contributed by atoms with Crippen LogP contribution in [0.4, 0.5) is 0 Å². The first-order valence-corrected chi connectivity index (χ1v) is 8.24. The van der Waals surface area contributed by atoms with Gasteiger partial charge in [-0.15, -0.1) is 0 Å². The minimum atomic E-state index is 0.455. The van der Waals surface area contributed by atoms with Gasteiger partial charge in [-0.25, -0.2) is 4.98 Å². The van der Waals surface area contributed by atoms with E-state index in [4.69, 9.17) is 14.5 Å². The fraction of sp³-hybridized carbons (Fsp3) is 0.0952. The maximum absolute atomic E-state index is 5.97. The predicted molar refractivity (Wildman–Crippen MR) is 100 cm³/mol. The molecule has 0 N–H and O–H groups in total. The molecule has 0 saturated carbocycles. The van der Waals surface area contributed by atoms with Crippen molar-refractivity contribution in [1.29, 1.82) is 0 Å². The summed E-state index contributed by atoms with van der Waals surface area (Å²) < 4.78 is 11.1. The highest BCUT2D eigenvalue weighted by molar-refractivity contribution is 5.86. The summed E-state index contributed by atoms with van der Waals surface area (Å²) in [5, 5.41) is 0.936. The minimum Gasteiger partial charge on any atom is -0.497 e. The smallest absolute Gasteiger partial charge is 0.147 e. The number of rotatable bonds is 5. The van der Waals surface area contributed by atoms with E-state index in [1.807, 2.05) is 48.5 Å². The molecule has 0 aliphatic carbocycles. The SMILES string of the molecule is COc1ccc(COc2cncc3nc(-c4ccncc4)ccc23)cc1. The Kier molecular flexibility index (Phi) is 4.43. The molecule has 0 aliphatic heterocycles. The molecule has 0 unspecified atom stereocenters. The van der Waals surface area contributed by atoms with Gasteiger partial charge in [-0.05, 0) is 42.0 Å². The van der Waals surface area contributed by atoms with Crippen molar-refractivity contribution in [3.8, 4) is 22.8 Å². The molecule has 3 heterocycles. The zero-order valence-corrected chi connectivity index (χ0v) is 14.3. The van der Waals surface area contributed by atoms with Crippen LogP contribution in [0.15, 0.2) is 73.3 Å². The Labute approximate surface area is 151 Å². The summed E-state index contributed by atoms with van der Waals surface area (Å²) in [6.45, 7) is 0.455. The highest BCUT2D eigenvalue weighted by Gasteiger charge is 2.07. The third-order valence-electron chi connectivity index (χ3n) is 4.11. The summed E-state index contributed by atoms with van der Waals surface area (Å²) in [5.41, 5.74) is 3.76. The Balaban J connectivity index is 1.59. The fourth-order valence-electron chi connectivity index (χ4n) is 2.71. The van der Waals surface area contributed by atoms with Crippen molar-refractivity contribution in [2.45, 2.75) is 6.61 Å². The van der Waals surface area contributed by atoms with Gasteiger partial charge in [0.05, 0.1) is 30.7 Å². The number of ether oxygens (including phenoxy) is 2. The molecule has 0 amide bonds. The molecule has 5 heteroatoms. The average molecular weight is 343 g/mol. The maximum atomic E-state index is 5.97. The van der Waals surface area contributed by atoms with Crippen LogP contribution in [0.2, 0.25) is 0 Å². The maximum Gasteiger partial charge on any atom is 0.147 e. The average Bonchev–Trinajstić information content (AvgIpc) is 2.73. The van der Waals surface area contributed by atoms with Gasteiger partial charge in [0.2, 0.25) is 0 Å². The lowest BCUT2D eigenvalue weighted by atomic mass is 10.1. The molecule has 0 spiro atoms. The minimum absolute atomic E-state index is 0.455. The predicted octanol–water partition coefficient (Wildman–Crippen LogP) is 4.28. The molecule has 1 aromatic carbocycles. The first-order chi connectivity index (χ1) is 12.8. The van der Waals surface area contributed by atoms with Gasteiger partial charge in [-0.3, -0.25) is 9.97 Å². The van der Waals surface area contributed by atoms with Crippen LogP contribution in [0.25, 0.3) is 22.2 Å². The molecule has 4 rings (SSSR count). The first kappa shape index (κ1) is 16.0. The lowest BCUT2D eigenvalue weighted by Crippen LogP contribution is -1.97. The van der Waals surface area contributed by atoms with Crippen LogP contribution in [0.1, 0.15) is 5.56 Å². The number of hydrogen-bond donors (Lipinski definition) is 0. The van der Waals surface area contributed by atoms with Gasteiger partial charge >= 0.3 is 0 Å². The lowest BCUT2D eigenvalue weighted by Gasteiger charge is -2.10. The largest absolute Gasteiger partial charge is 0.497 e. The van der Waals surface area contributed by atoms with E-state index < -0.39 is 0 Å². The second-order valence-corrected chi connectivity index (χ2v) is 5.77. The first-order valence-electron chi connectivity index (χ1n) is 8.24. The molecule has 0 saturated heterocycles. The summed E-state index contributed by atoms with van der Waals surface area (Å²) in [4.78, 5) is 13.0. The van der Waals surface area contributed by atoms with Crippen molar-refractivity contribution in [3.05, 3.63) is 78.9 Å². The van der Waals surface area contributed by atoms with E-state index in [-0.39, 0.29) is 0 Å². The van der Waals surface area contributed by atoms with E-state index >= 15 is 0 Å². The molecule has 0 bridgehead atoms. The van der Waals surface area contributed by atoms with Gasteiger partial charge in [0.15, 0.2) is 0 Å². The Bertz CT molecular complexity index is 1020. The highest BCUT2D eigenvalue weighted by atomic mass is 16.5. The van der Waals surface area contributed by atoms with E-state index in [0.29, 0.717) is 12.4 Å². The number of methoxy groups -OCH3 is 1. The highest BCUT2D eigenvalue weighted by Crippen LogP contribution is 2.27. The summed E-state index contributed by atoms with van der Waals surface area (Å²) in [6, 6.07) is 15.7. The Hall–Kier alpha value is -3.47. The van der Waals surface area contributed by atoms with Crippen molar-refractivity contribution in [1.82, 2.24) is 15.0 Å². The molecule has 3 aromatic heterocycles. The van der Waals surface area contributed by atoms with Crippen molar-refractivity contribution in [3.63, 3.8) is 0 Å². The summed E-state index contributed by atoms with van der Waals surface area (Å²) in [5.74, 6) is 1.54. The second-order valence-electron chi connectivity index (χ2n) is 5.77. The molecule has 0 atom stereocenters. The molecule has 5 nitrogen and oxygen atoms in total. The van der Waals surface area contributed by atoms with Gasteiger partial charge in [0.1, 0.15) is 18.1 Å². The molecule has 0 aliphatic rings. The van der Waals surface area contributed by atoms with Gasteiger partial charge in [-0.1, -0.05) is 12.1 Å². The van der Waals surface area contributed by atoms with Crippen LogP contribution >= 0.6 is 0 Å². The third-order valence-corrected chi connectivity index (χ3v) is 4.11. The molecule has 0 fully saturated rings. The number of benzene rings is 1. The second kappa shape index (κ2) is 7.19. The van der Waals surface area contributed by atoms with Crippen LogP contribution in [-0.2, 0) is 6.61 Å². The molecular weight excluding hydrogens is 326 g/mol. The monoisotopic (exact) mass is 343 g/mol. The number of hydrogen-bond acceptors (Lipinski definition) is 5. The molecule has 0 radical (unpaired) electrons. The van der Waals surface area contributed by atoms with E-state index in [0.717, 1.165) is 33.5 Å². The summed E-state index contributed by atoms with van der Waals surface area (Å²) in [7, 11) is 1.65. The van der Waals surface area contributed by atoms with Gasteiger partial charge in [-0.2, -0.15) is 0 Å². The normalized spacial score (nSPS) is 10.7. The molecule has 4 aromatic rings. The van der Waals surface area contributed by atoms with Crippen LogP contribution in [0.5, 0.6) is 11.5 Å². The van der Waals surface area contributed by atoms with E-state index in [1.54, 1.807) is 31.9 Å². The van der Waals surface area contributed by atoms with E-state index in [2.05, 4.69) is 9.97 Å². The third kappa shape index (κ3) is 3.32. The Morgan fingerprint density at radius 1 is 0.846 bits per heavy atom. The number of aromatic nitrogens is 3. The van der Waals surface area contributed by atoms with Crippen LogP contribution in [0.3, 0.4) is 0 Å².